The van der Waals surface area contributed by atoms with Gasteiger partial charge >= 0.3 is 0 Å². The molecule has 0 aliphatic heterocycles. The molecule has 7 nitrogen and oxygen atoms in total. The third kappa shape index (κ3) is 3.46. The summed E-state index contributed by atoms with van der Waals surface area (Å²) in [6.07, 6.45) is 1.30. The monoisotopic (exact) mass is 407 g/mol. The number of anilines is 1. The van der Waals surface area contributed by atoms with Crippen molar-refractivity contribution in [3.63, 3.8) is 0 Å². The molecule has 0 saturated carbocycles. The van der Waals surface area contributed by atoms with Gasteiger partial charge in [-0.05, 0) is 44.2 Å². The SMILES string of the molecule is Cc1cc(C)n(-c2cc(NS(=O)(=O)c3ccc(Br)cc3)ncn2)n1. The van der Waals surface area contributed by atoms with Crippen LogP contribution in [0.4, 0.5) is 5.82 Å². The predicted octanol–water partition coefficient (Wildman–Crippen LogP) is 2.84. The molecule has 24 heavy (non-hydrogen) atoms. The Morgan fingerprint density at radius 3 is 2.42 bits per heavy atom. The highest BCUT2D eigenvalue weighted by Crippen LogP contribution is 2.18. The zero-order chi connectivity index (χ0) is 17.3. The highest BCUT2D eigenvalue weighted by molar-refractivity contribution is 9.10. The number of sulfonamides is 1. The minimum absolute atomic E-state index is 0.150. The van der Waals surface area contributed by atoms with Crippen LogP contribution in [0.15, 0.2) is 52.1 Å². The van der Waals surface area contributed by atoms with Gasteiger partial charge < -0.3 is 0 Å². The van der Waals surface area contributed by atoms with Gasteiger partial charge in [0.2, 0.25) is 0 Å². The molecular formula is C15H14BrN5O2S. The van der Waals surface area contributed by atoms with Crippen LogP contribution in [0.5, 0.6) is 0 Å². The largest absolute Gasteiger partial charge is 0.263 e. The Balaban J connectivity index is 1.92. The lowest BCUT2D eigenvalue weighted by atomic mass is 10.4. The summed E-state index contributed by atoms with van der Waals surface area (Å²) in [7, 11) is -3.72. The van der Waals surface area contributed by atoms with Crippen molar-refractivity contribution in [2.75, 3.05) is 4.72 Å². The second kappa shape index (κ2) is 6.33. The molecule has 0 bridgehead atoms. The zero-order valence-corrected chi connectivity index (χ0v) is 15.3. The van der Waals surface area contributed by atoms with E-state index >= 15 is 0 Å². The molecule has 0 fully saturated rings. The summed E-state index contributed by atoms with van der Waals surface area (Å²) in [5, 5.41) is 4.33. The van der Waals surface area contributed by atoms with Gasteiger partial charge in [0.1, 0.15) is 12.1 Å². The summed E-state index contributed by atoms with van der Waals surface area (Å²) < 4.78 is 29.7. The lowest BCUT2D eigenvalue weighted by Gasteiger charge is -2.09. The Hall–Kier alpha value is -2.26. The molecule has 2 aromatic heterocycles. The molecule has 3 rings (SSSR count). The number of hydrogen-bond donors (Lipinski definition) is 1. The van der Waals surface area contributed by atoms with E-state index in [1.807, 2.05) is 19.9 Å². The number of aromatic nitrogens is 4. The summed E-state index contributed by atoms with van der Waals surface area (Å²) in [5.41, 5.74) is 1.75. The Morgan fingerprint density at radius 1 is 1.08 bits per heavy atom. The van der Waals surface area contributed by atoms with Crippen LogP contribution in [0, 0.1) is 13.8 Å². The third-order valence-electron chi connectivity index (χ3n) is 3.24. The molecule has 0 amide bonds. The molecule has 9 heteroatoms. The molecule has 1 N–H and O–H groups in total. The van der Waals surface area contributed by atoms with Gasteiger partial charge in [0.15, 0.2) is 5.82 Å². The average molecular weight is 408 g/mol. The second-order valence-corrected chi connectivity index (χ2v) is 7.76. The number of nitrogens with one attached hydrogen (secondary N) is 1. The van der Waals surface area contributed by atoms with Crippen molar-refractivity contribution < 1.29 is 8.42 Å². The van der Waals surface area contributed by atoms with Crippen molar-refractivity contribution in [2.24, 2.45) is 0 Å². The summed E-state index contributed by atoms with van der Waals surface area (Å²) >= 11 is 3.28. The van der Waals surface area contributed by atoms with E-state index in [1.165, 1.54) is 24.5 Å². The maximum absolute atomic E-state index is 12.4. The van der Waals surface area contributed by atoms with Crippen LogP contribution < -0.4 is 4.72 Å². The fourth-order valence-electron chi connectivity index (χ4n) is 2.19. The molecule has 124 valence electrons. The van der Waals surface area contributed by atoms with E-state index < -0.39 is 10.0 Å². The van der Waals surface area contributed by atoms with E-state index in [2.05, 4.69) is 35.7 Å². The molecule has 0 spiro atoms. The quantitative estimate of drug-likeness (QED) is 0.717. The third-order valence-corrected chi connectivity index (χ3v) is 5.14. The van der Waals surface area contributed by atoms with E-state index in [0.29, 0.717) is 5.82 Å². The second-order valence-electron chi connectivity index (χ2n) is 5.16. The molecule has 2 heterocycles. The summed E-state index contributed by atoms with van der Waals surface area (Å²) in [6, 6.07) is 9.79. The van der Waals surface area contributed by atoms with E-state index in [0.717, 1.165) is 15.9 Å². The van der Waals surface area contributed by atoms with Crippen molar-refractivity contribution in [2.45, 2.75) is 18.7 Å². The van der Waals surface area contributed by atoms with Crippen LogP contribution in [0.2, 0.25) is 0 Å². The normalized spacial score (nSPS) is 11.5. The molecule has 0 aliphatic rings. The molecule has 0 unspecified atom stereocenters. The minimum atomic E-state index is -3.72. The van der Waals surface area contributed by atoms with E-state index in [-0.39, 0.29) is 10.7 Å². The van der Waals surface area contributed by atoms with E-state index in [9.17, 15) is 8.42 Å². The average Bonchev–Trinajstić information content (AvgIpc) is 2.86. The number of aryl methyl sites for hydroxylation is 2. The molecule has 0 radical (unpaired) electrons. The number of halogens is 1. The summed E-state index contributed by atoms with van der Waals surface area (Å²) in [5.74, 6) is 0.666. The highest BCUT2D eigenvalue weighted by Gasteiger charge is 2.15. The lowest BCUT2D eigenvalue weighted by molar-refractivity contribution is 0.601. The van der Waals surface area contributed by atoms with Gasteiger partial charge in [-0.25, -0.2) is 23.1 Å². The van der Waals surface area contributed by atoms with E-state index in [1.54, 1.807) is 16.8 Å². The van der Waals surface area contributed by atoms with Crippen LogP contribution in [-0.4, -0.2) is 28.2 Å². The number of rotatable bonds is 4. The fraction of sp³-hybridized carbons (Fsp3) is 0.133. The first-order chi connectivity index (χ1) is 11.3. The van der Waals surface area contributed by atoms with Crippen LogP contribution in [0.1, 0.15) is 11.4 Å². The van der Waals surface area contributed by atoms with Crippen LogP contribution in [-0.2, 0) is 10.0 Å². The van der Waals surface area contributed by atoms with Gasteiger partial charge in [-0.15, -0.1) is 0 Å². The van der Waals surface area contributed by atoms with Crippen molar-refractivity contribution in [1.29, 1.82) is 0 Å². The summed E-state index contributed by atoms with van der Waals surface area (Å²) in [4.78, 5) is 8.27. The van der Waals surface area contributed by atoms with Gasteiger partial charge in [0, 0.05) is 16.2 Å². The first kappa shape index (κ1) is 16.6. The Kier molecular flexibility index (Phi) is 4.37. The molecular weight excluding hydrogens is 394 g/mol. The molecule has 0 aliphatic carbocycles. The van der Waals surface area contributed by atoms with Crippen LogP contribution >= 0.6 is 15.9 Å². The smallest absolute Gasteiger partial charge is 0.263 e. The Morgan fingerprint density at radius 2 is 1.79 bits per heavy atom. The van der Waals surface area contributed by atoms with Gasteiger partial charge in [0.25, 0.3) is 10.0 Å². The maximum atomic E-state index is 12.4. The molecule has 3 aromatic rings. The Bertz CT molecular complexity index is 983. The summed E-state index contributed by atoms with van der Waals surface area (Å²) in [6.45, 7) is 3.77. The lowest BCUT2D eigenvalue weighted by Crippen LogP contribution is -2.14. The predicted molar refractivity (Wildman–Crippen MR) is 93.6 cm³/mol. The molecule has 0 saturated heterocycles. The van der Waals surface area contributed by atoms with Gasteiger partial charge in [-0.1, -0.05) is 15.9 Å². The topological polar surface area (TPSA) is 89.8 Å². The standard InChI is InChI=1S/C15H14BrN5O2S/c1-10-7-11(2)21(19-10)15-8-14(17-9-18-15)20-24(22,23)13-5-3-12(16)4-6-13/h3-9H,1-2H3,(H,17,18,20). The Labute approximate surface area is 148 Å². The van der Waals surface area contributed by atoms with Crippen molar-refractivity contribution in [3.05, 3.63) is 58.6 Å². The molecule has 1 aromatic carbocycles. The van der Waals surface area contributed by atoms with Crippen LogP contribution in [0.3, 0.4) is 0 Å². The first-order valence-corrected chi connectivity index (χ1v) is 9.27. The van der Waals surface area contributed by atoms with Crippen molar-refractivity contribution >= 4 is 31.8 Å². The van der Waals surface area contributed by atoms with Crippen molar-refractivity contribution in [1.82, 2.24) is 19.7 Å². The maximum Gasteiger partial charge on any atom is 0.263 e. The van der Waals surface area contributed by atoms with Gasteiger partial charge in [0.05, 0.1) is 10.6 Å². The van der Waals surface area contributed by atoms with Gasteiger partial charge in [-0.2, -0.15) is 5.10 Å². The first-order valence-electron chi connectivity index (χ1n) is 6.99. The van der Waals surface area contributed by atoms with E-state index in [4.69, 9.17) is 0 Å². The number of hydrogen-bond acceptors (Lipinski definition) is 5. The van der Waals surface area contributed by atoms with Gasteiger partial charge in [-0.3, -0.25) is 4.72 Å². The number of nitrogens with zero attached hydrogens (tertiary/aromatic N) is 4. The van der Waals surface area contributed by atoms with Crippen LogP contribution in [0.25, 0.3) is 5.82 Å². The number of benzene rings is 1. The minimum Gasteiger partial charge on any atom is -0.263 e. The highest BCUT2D eigenvalue weighted by atomic mass is 79.9. The van der Waals surface area contributed by atoms with Crippen molar-refractivity contribution in [3.8, 4) is 5.82 Å². The zero-order valence-electron chi connectivity index (χ0n) is 12.9. The molecule has 0 atom stereocenters. The fourth-order valence-corrected chi connectivity index (χ4v) is 3.45.